The minimum Gasteiger partial charge on any atom is -0.365 e. The molecule has 1 aliphatic rings. The van der Waals surface area contributed by atoms with Crippen molar-refractivity contribution in [2.75, 3.05) is 24.5 Å². The van der Waals surface area contributed by atoms with Gasteiger partial charge < -0.3 is 16.0 Å². The van der Waals surface area contributed by atoms with E-state index in [4.69, 9.17) is 5.73 Å². The van der Waals surface area contributed by atoms with Crippen LogP contribution in [0.5, 0.6) is 0 Å². The summed E-state index contributed by atoms with van der Waals surface area (Å²) in [7, 11) is 0. The van der Waals surface area contributed by atoms with Gasteiger partial charge in [-0.05, 0) is 43.9 Å². The molecular weight excluding hydrogens is 264 g/mol. The van der Waals surface area contributed by atoms with Crippen LogP contribution in [-0.4, -0.2) is 36.6 Å². The third-order valence-corrected chi connectivity index (χ3v) is 3.87. The molecule has 21 heavy (non-hydrogen) atoms. The van der Waals surface area contributed by atoms with Gasteiger partial charge in [0.05, 0.1) is 5.56 Å². The van der Waals surface area contributed by atoms with E-state index in [0.29, 0.717) is 17.5 Å². The molecule has 116 valence electrons. The Bertz CT molecular complexity index is 495. The van der Waals surface area contributed by atoms with Crippen molar-refractivity contribution < 1.29 is 4.79 Å². The van der Waals surface area contributed by atoms with Crippen LogP contribution >= 0.6 is 0 Å². The third kappa shape index (κ3) is 3.94. The summed E-state index contributed by atoms with van der Waals surface area (Å²) in [5.41, 5.74) is 7.01. The largest absolute Gasteiger partial charge is 0.365 e. The standard InChI is InChI=1S/C16H26N4O/c1-11(2)9-20(10-13-5-4-7-18-13)16-14(15(17)21)12(3)6-8-19-16/h6,8,11,13,18H,4-5,7,9-10H2,1-3H3,(H2,17,21). The van der Waals surface area contributed by atoms with Crippen molar-refractivity contribution in [1.82, 2.24) is 10.3 Å². The summed E-state index contributed by atoms with van der Waals surface area (Å²) < 4.78 is 0. The number of carbonyl (C=O) groups is 1. The predicted octanol–water partition coefficient (Wildman–Crippen LogP) is 1.70. The van der Waals surface area contributed by atoms with E-state index in [1.54, 1.807) is 6.20 Å². The smallest absolute Gasteiger partial charge is 0.252 e. The van der Waals surface area contributed by atoms with Crippen molar-refractivity contribution in [2.45, 2.75) is 39.7 Å². The average Bonchev–Trinajstić information content (AvgIpc) is 2.89. The number of rotatable bonds is 6. The summed E-state index contributed by atoms with van der Waals surface area (Å²) in [5, 5.41) is 3.51. The molecule has 0 aliphatic carbocycles. The number of carbonyl (C=O) groups excluding carboxylic acids is 1. The Morgan fingerprint density at radius 1 is 1.57 bits per heavy atom. The molecule has 2 heterocycles. The van der Waals surface area contributed by atoms with Crippen LogP contribution in [0.15, 0.2) is 12.3 Å². The molecule has 1 unspecified atom stereocenters. The lowest BCUT2D eigenvalue weighted by atomic mass is 10.1. The van der Waals surface area contributed by atoms with Gasteiger partial charge >= 0.3 is 0 Å². The molecule has 1 atom stereocenters. The Morgan fingerprint density at radius 3 is 2.90 bits per heavy atom. The molecule has 0 radical (unpaired) electrons. The minimum atomic E-state index is -0.399. The molecular formula is C16H26N4O. The van der Waals surface area contributed by atoms with Gasteiger partial charge in [0, 0.05) is 25.3 Å². The zero-order valence-electron chi connectivity index (χ0n) is 13.2. The first-order chi connectivity index (χ1) is 9.99. The van der Waals surface area contributed by atoms with Gasteiger partial charge in [-0.25, -0.2) is 4.98 Å². The molecule has 1 aliphatic heterocycles. The van der Waals surface area contributed by atoms with E-state index < -0.39 is 5.91 Å². The number of nitrogens with one attached hydrogen (secondary N) is 1. The summed E-state index contributed by atoms with van der Waals surface area (Å²) in [6.07, 6.45) is 4.14. The lowest BCUT2D eigenvalue weighted by molar-refractivity contribution is 0.1000. The monoisotopic (exact) mass is 290 g/mol. The molecule has 1 aromatic rings. The van der Waals surface area contributed by atoms with Gasteiger partial charge in [0.15, 0.2) is 0 Å². The van der Waals surface area contributed by atoms with Crippen LogP contribution in [0.3, 0.4) is 0 Å². The first-order valence-corrected chi connectivity index (χ1v) is 7.72. The molecule has 0 saturated carbocycles. The molecule has 1 aromatic heterocycles. The van der Waals surface area contributed by atoms with Crippen LogP contribution in [0.25, 0.3) is 0 Å². The highest BCUT2D eigenvalue weighted by Gasteiger charge is 2.23. The van der Waals surface area contributed by atoms with E-state index >= 15 is 0 Å². The van der Waals surface area contributed by atoms with Crippen molar-refractivity contribution in [2.24, 2.45) is 11.7 Å². The van der Waals surface area contributed by atoms with E-state index in [2.05, 4.69) is 29.0 Å². The number of anilines is 1. The normalized spacial score (nSPS) is 18.2. The number of hydrogen-bond donors (Lipinski definition) is 2. The maximum atomic E-state index is 11.8. The highest BCUT2D eigenvalue weighted by atomic mass is 16.1. The van der Waals surface area contributed by atoms with Crippen LogP contribution in [-0.2, 0) is 0 Å². The fraction of sp³-hybridized carbons (Fsp3) is 0.625. The van der Waals surface area contributed by atoms with Gasteiger partial charge in [-0.15, -0.1) is 0 Å². The van der Waals surface area contributed by atoms with Crippen LogP contribution < -0.4 is 16.0 Å². The predicted molar refractivity (Wildman–Crippen MR) is 85.6 cm³/mol. The summed E-state index contributed by atoms with van der Waals surface area (Å²) >= 11 is 0. The van der Waals surface area contributed by atoms with Crippen molar-refractivity contribution in [3.8, 4) is 0 Å². The summed E-state index contributed by atoms with van der Waals surface area (Å²) in [4.78, 5) is 18.5. The zero-order chi connectivity index (χ0) is 15.4. The Labute approximate surface area is 126 Å². The molecule has 0 bridgehead atoms. The SMILES string of the molecule is Cc1ccnc(N(CC(C)C)CC2CCCN2)c1C(N)=O. The third-order valence-electron chi connectivity index (χ3n) is 3.87. The van der Waals surface area contributed by atoms with E-state index in [-0.39, 0.29) is 0 Å². The second-order valence-corrected chi connectivity index (χ2v) is 6.28. The van der Waals surface area contributed by atoms with Gasteiger partial charge in [-0.1, -0.05) is 13.8 Å². The summed E-state index contributed by atoms with van der Waals surface area (Å²) in [6.45, 7) is 9.07. The Morgan fingerprint density at radius 2 is 2.33 bits per heavy atom. The Kier molecular flexibility index (Phi) is 5.17. The number of nitrogens with zero attached hydrogens (tertiary/aromatic N) is 2. The lowest BCUT2D eigenvalue weighted by Gasteiger charge is -2.30. The van der Waals surface area contributed by atoms with Crippen LogP contribution in [0.1, 0.15) is 42.6 Å². The number of aromatic nitrogens is 1. The summed E-state index contributed by atoms with van der Waals surface area (Å²) in [5.74, 6) is 0.822. The van der Waals surface area contributed by atoms with Crippen molar-refractivity contribution >= 4 is 11.7 Å². The highest BCUT2D eigenvalue weighted by Crippen LogP contribution is 2.23. The molecule has 0 spiro atoms. The van der Waals surface area contributed by atoms with E-state index in [1.807, 2.05) is 13.0 Å². The number of hydrogen-bond acceptors (Lipinski definition) is 4. The van der Waals surface area contributed by atoms with Gasteiger partial charge in [-0.2, -0.15) is 0 Å². The molecule has 5 heteroatoms. The number of pyridine rings is 1. The van der Waals surface area contributed by atoms with Crippen molar-refractivity contribution in [3.05, 3.63) is 23.4 Å². The van der Waals surface area contributed by atoms with Crippen molar-refractivity contribution in [1.29, 1.82) is 0 Å². The quantitative estimate of drug-likeness (QED) is 0.836. The molecule has 3 N–H and O–H groups in total. The van der Waals surface area contributed by atoms with Crippen LogP contribution in [0.2, 0.25) is 0 Å². The summed E-state index contributed by atoms with van der Waals surface area (Å²) in [6, 6.07) is 2.30. The van der Waals surface area contributed by atoms with Gasteiger partial charge in [0.1, 0.15) is 5.82 Å². The maximum absolute atomic E-state index is 11.8. The number of amides is 1. The second kappa shape index (κ2) is 6.89. The van der Waals surface area contributed by atoms with E-state index in [9.17, 15) is 4.79 Å². The maximum Gasteiger partial charge on any atom is 0.252 e. The molecule has 1 saturated heterocycles. The van der Waals surface area contributed by atoms with Crippen molar-refractivity contribution in [3.63, 3.8) is 0 Å². The first-order valence-electron chi connectivity index (χ1n) is 7.72. The van der Waals surface area contributed by atoms with Crippen LogP contribution in [0.4, 0.5) is 5.82 Å². The lowest BCUT2D eigenvalue weighted by Crippen LogP contribution is -2.41. The fourth-order valence-electron chi connectivity index (χ4n) is 2.96. The van der Waals surface area contributed by atoms with Gasteiger partial charge in [0.2, 0.25) is 0 Å². The van der Waals surface area contributed by atoms with E-state index in [0.717, 1.165) is 31.0 Å². The average molecular weight is 290 g/mol. The van der Waals surface area contributed by atoms with Gasteiger partial charge in [-0.3, -0.25) is 4.79 Å². The number of aryl methyl sites for hydroxylation is 1. The van der Waals surface area contributed by atoms with Gasteiger partial charge in [0.25, 0.3) is 5.91 Å². The molecule has 1 fully saturated rings. The van der Waals surface area contributed by atoms with Crippen LogP contribution in [0, 0.1) is 12.8 Å². The zero-order valence-corrected chi connectivity index (χ0v) is 13.2. The second-order valence-electron chi connectivity index (χ2n) is 6.28. The number of nitrogens with two attached hydrogens (primary N) is 1. The molecule has 0 aromatic carbocycles. The number of primary amides is 1. The molecule has 5 nitrogen and oxygen atoms in total. The Hall–Kier alpha value is -1.62. The topological polar surface area (TPSA) is 71.2 Å². The molecule has 2 rings (SSSR count). The Balaban J connectivity index is 2.31. The fourth-order valence-corrected chi connectivity index (χ4v) is 2.96. The highest BCUT2D eigenvalue weighted by molar-refractivity contribution is 5.99. The first kappa shape index (κ1) is 15.8. The van der Waals surface area contributed by atoms with E-state index in [1.165, 1.54) is 12.8 Å². The minimum absolute atomic E-state index is 0.399. The molecule has 1 amide bonds.